The average molecular weight is 159 g/mol. The van der Waals surface area contributed by atoms with Gasteiger partial charge in [0.05, 0.1) is 5.56 Å². The van der Waals surface area contributed by atoms with Gasteiger partial charge in [0.1, 0.15) is 0 Å². The van der Waals surface area contributed by atoms with Crippen molar-refractivity contribution in [1.82, 2.24) is 0 Å². The van der Waals surface area contributed by atoms with Crippen molar-refractivity contribution in [3.8, 4) is 0 Å². The molecule has 0 bridgehead atoms. The van der Waals surface area contributed by atoms with Crippen LogP contribution >= 0.6 is 0 Å². The molecule has 0 N–H and O–H groups in total. The monoisotopic (exact) mass is 159 g/mol. The highest BCUT2D eigenvalue weighted by Crippen LogP contribution is 2.28. The molecule has 0 radical (unpaired) electrons. The maximum atomic E-state index is 11.9. The maximum absolute atomic E-state index is 11.9. The number of alkyl halides is 3. The number of benzene rings is 1. The number of hydrogen-bond donors (Lipinski definition) is 0. The highest BCUT2D eigenvalue weighted by Gasteiger charge is 2.29. The van der Waals surface area contributed by atoms with E-state index in [4.69, 9.17) is 0 Å². The lowest BCUT2D eigenvalue weighted by molar-refractivity contribution is -0.137. The van der Waals surface area contributed by atoms with E-state index in [1.54, 1.807) is 6.92 Å². The first-order valence-corrected chi connectivity index (χ1v) is 3.14. The largest absolute Gasteiger partial charge is 0.416 e. The Morgan fingerprint density at radius 2 is 1.45 bits per heavy atom. The van der Waals surface area contributed by atoms with E-state index < -0.39 is 11.7 Å². The Hall–Kier alpha value is -0.990. The van der Waals surface area contributed by atoms with E-state index in [2.05, 4.69) is 0 Å². The number of halogens is 3. The van der Waals surface area contributed by atoms with Gasteiger partial charge in [-0.1, -0.05) is 17.7 Å². The lowest BCUT2D eigenvalue weighted by Gasteiger charge is -2.05. The van der Waals surface area contributed by atoms with Gasteiger partial charge in [0, 0.05) is 0 Å². The zero-order valence-corrected chi connectivity index (χ0v) is 5.94. The van der Waals surface area contributed by atoms with Crippen LogP contribution in [0.25, 0.3) is 0 Å². The second-order valence-electron chi connectivity index (χ2n) is 2.36. The van der Waals surface area contributed by atoms with E-state index in [0.717, 1.165) is 17.7 Å². The lowest BCUT2D eigenvalue weighted by atomic mass is 10.1. The first-order chi connectivity index (χ1) is 5.00. The SMILES string of the molecule is Cc1ccc(C(F)(F)[18F])cc1. The van der Waals surface area contributed by atoms with Crippen molar-refractivity contribution in [2.75, 3.05) is 0 Å². The molecule has 0 saturated heterocycles. The number of hydrogen-bond acceptors (Lipinski definition) is 0. The minimum atomic E-state index is -4.21. The molecule has 60 valence electrons. The molecule has 1 rings (SSSR count). The quantitative estimate of drug-likeness (QED) is 0.545. The second kappa shape index (κ2) is 2.57. The summed E-state index contributed by atoms with van der Waals surface area (Å²) in [6.07, 6.45) is -4.21. The Morgan fingerprint density at radius 3 is 1.82 bits per heavy atom. The molecule has 0 fully saturated rings. The molecule has 0 atom stereocenters. The Morgan fingerprint density at radius 1 is 1.00 bits per heavy atom. The third-order valence-corrected chi connectivity index (χ3v) is 1.38. The van der Waals surface area contributed by atoms with Crippen LogP contribution in [0.5, 0.6) is 0 Å². The number of aryl methyl sites for hydroxylation is 1. The Bertz CT molecular complexity index is 233. The van der Waals surface area contributed by atoms with Crippen molar-refractivity contribution < 1.29 is 13.2 Å². The van der Waals surface area contributed by atoms with Gasteiger partial charge in [-0.15, -0.1) is 0 Å². The molecule has 0 aliphatic rings. The second-order valence-corrected chi connectivity index (χ2v) is 2.36. The first kappa shape index (κ1) is 8.11. The zero-order valence-electron chi connectivity index (χ0n) is 5.94. The fourth-order valence-electron chi connectivity index (χ4n) is 0.743. The summed E-state index contributed by atoms with van der Waals surface area (Å²) in [4.78, 5) is 0. The van der Waals surface area contributed by atoms with Gasteiger partial charge in [0.2, 0.25) is 0 Å². The van der Waals surface area contributed by atoms with E-state index >= 15 is 0 Å². The van der Waals surface area contributed by atoms with Gasteiger partial charge >= 0.3 is 6.18 Å². The number of rotatable bonds is 0. The van der Waals surface area contributed by atoms with Crippen LogP contribution in [0.3, 0.4) is 0 Å². The predicted molar refractivity (Wildman–Crippen MR) is 36.2 cm³/mol. The molecule has 0 aromatic heterocycles. The third-order valence-electron chi connectivity index (χ3n) is 1.38. The highest BCUT2D eigenvalue weighted by atomic mass is 19.3. The van der Waals surface area contributed by atoms with Crippen molar-refractivity contribution in [2.45, 2.75) is 13.1 Å². The summed E-state index contributed by atoms with van der Waals surface area (Å²) in [5.41, 5.74) is 0.237. The molecule has 0 amide bonds. The summed E-state index contributed by atoms with van der Waals surface area (Å²) >= 11 is 0. The van der Waals surface area contributed by atoms with Crippen LogP contribution in [-0.4, -0.2) is 0 Å². The molecule has 11 heavy (non-hydrogen) atoms. The molecule has 1 aromatic rings. The highest BCUT2D eigenvalue weighted by molar-refractivity contribution is 5.23. The summed E-state index contributed by atoms with van der Waals surface area (Å²) < 4.78 is 35.8. The minimum absolute atomic E-state index is 0.594. The van der Waals surface area contributed by atoms with Crippen molar-refractivity contribution in [2.24, 2.45) is 0 Å². The maximum Gasteiger partial charge on any atom is 0.416 e. The van der Waals surface area contributed by atoms with Gasteiger partial charge in [-0.25, -0.2) is 0 Å². The summed E-state index contributed by atoms with van der Waals surface area (Å²) in [6, 6.07) is 5.05. The zero-order chi connectivity index (χ0) is 8.48. The van der Waals surface area contributed by atoms with E-state index in [9.17, 15) is 13.2 Å². The predicted octanol–water partition coefficient (Wildman–Crippen LogP) is 3.01. The molecule has 0 nitrogen and oxygen atoms in total. The van der Waals surface area contributed by atoms with Crippen LogP contribution in [0.2, 0.25) is 0 Å². The van der Waals surface area contributed by atoms with Gasteiger partial charge < -0.3 is 0 Å². The molecule has 1 aromatic carbocycles. The van der Waals surface area contributed by atoms with Crippen LogP contribution in [0.15, 0.2) is 24.3 Å². The van der Waals surface area contributed by atoms with Crippen molar-refractivity contribution in [3.63, 3.8) is 0 Å². The Kier molecular flexibility index (Phi) is 1.89. The Balaban J connectivity index is 2.99. The van der Waals surface area contributed by atoms with E-state index in [1.807, 2.05) is 0 Å². The summed E-state index contributed by atoms with van der Waals surface area (Å²) in [5, 5.41) is 0. The summed E-state index contributed by atoms with van der Waals surface area (Å²) in [7, 11) is 0. The van der Waals surface area contributed by atoms with Crippen LogP contribution in [0.1, 0.15) is 11.1 Å². The van der Waals surface area contributed by atoms with Gasteiger partial charge in [-0.2, -0.15) is 13.2 Å². The molecule has 0 heterocycles. The van der Waals surface area contributed by atoms with Crippen molar-refractivity contribution in [1.29, 1.82) is 0 Å². The standard InChI is InChI=1S/C8H7F3/c1-6-2-4-7(5-3-6)8(9,10)11/h2-5H,1H3/i9-1. The summed E-state index contributed by atoms with van der Waals surface area (Å²) in [6.45, 7) is 1.75. The third kappa shape index (κ3) is 1.97. The molecule has 0 unspecified atom stereocenters. The van der Waals surface area contributed by atoms with E-state index in [0.29, 0.717) is 0 Å². The first-order valence-electron chi connectivity index (χ1n) is 3.14. The summed E-state index contributed by atoms with van der Waals surface area (Å²) in [5.74, 6) is 0. The van der Waals surface area contributed by atoms with Gasteiger partial charge in [-0.3, -0.25) is 0 Å². The van der Waals surface area contributed by atoms with Crippen molar-refractivity contribution in [3.05, 3.63) is 35.4 Å². The fourth-order valence-corrected chi connectivity index (χ4v) is 0.743. The fraction of sp³-hybridized carbons (Fsp3) is 0.250. The average Bonchev–Trinajstić information content (AvgIpc) is 1.86. The molecule has 0 saturated carbocycles. The van der Waals surface area contributed by atoms with Crippen molar-refractivity contribution >= 4 is 0 Å². The molecule has 0 aliphatic heterocycles. The molecular weight excluding hydrogens is 152 g/mol. The molecule has 0 aliphatic carbocycles. The van der Waals surface area contributed by atoms with Gasteiger partial charge in [0.25, 0.3) is 0 Å². The molecule has 0 spiro atoms. The van der Waals surface area contributed by atoms with E-state index in [1.165, 1.54) is 12.1 Å². The van der Waals surface area contributed by atoms with Crippen LogP contribution < -0.4 is 0 Å². The van der Waals surface area contributed by atoms with Crippen LogP contribution in [0, 0.1) is 6.92 Å². The Labute approximate surface area is 62.7 Å². The van der Waals surface area contributed by atoms with Gasteiger partial charge in [0.15, 0.2) is 0 Å². The molecular formula is C8H7F3. The normalized spacial score (nSPS) is 11.6. The smallest absolute Gasteiger partial charge is 0.166 e. The topological polar surface area (TPSA) is 0 Å². The van der Waals surface area contributed by atoms with Crippen LogP contribution in [-0.2, 0) is 6.18 Å². The van der Waals surface area contributed by atoms with Crippen LogP contribution in [0.4, 0.5) is 13.2 Å². The molecule has 3 heteroatoms. The van der Waals surface area contributed by atoms with E-state index in [-0.39, 0.29) is 0 Å². The lowest BCUT2D eigenvalue weighted by Crippen LogP contribution is -2.03. The van der Waals surface area contributed by atoms with Gasteiger partial charge in [-0.05, 0) is 19.1 Å². The minimum Gasteiger partial charge on any atom is -0.166 e.